The van der Waals surface area contributed by atoms with Crippen molar-refractivity contribution in [2.75, 3.05) is 0 Å². The Kier molecular flexibility index (Phi) is 9.22. The van der Waals surface area contributed by atoms with Gasteiger partial charge >= 0.3 is 16.7 Å². The van der Waals surface area contributed by atoms with Gasteiger partial charge in [-0.25, -0.2) is 0 Å². The van der Waals surface area contributed by atoms with Crippen LogP contribution in [-0.2, 0) is 16.7 Å². The van der Waals surface area contributed by atoms with Crippen LogP contribution in [-0.4, -0.2) is 14.1 Å². The molecule has 0 radical (unpaired) electrons. The molecule has 0 aliphatic heterocycles. The van der Waals surface area contributed by atoms with Crippen molar-refractivity contribution in [3.05, 3.63) is 62.6 Å². The first kappa shape index (κ1) is 24.2. The summed E-state index contributed by atoms with van der Waals surface area (Å²) in [6.45, 7) is 1.66. The normalized spacial score (nSPS) is 11.5. The molecule has 1 N–H and O–H groups in total. The molecule has 0 saturated heterocycles. The van der Waals surface area contributed by atoms with Gasteiger partial charge in [-0.2, -0.15) is 26.4 Å². The minimum Gasteiger partial charge on any atom is -0.357 e. The van der Waals surface area contributed by atoms with E-state index in [0.29, 0.717) is 5.02 Å². The van der Waals surface area contributed by atoms with Crippen molar-refractivity contribution >= 4 is 51.0 Å². The topological polar surface area (TPSA) is 79.6 Å². The zero-order chi connectivity index (χ0) is 21.5. The van der Waals surface area contributed by atoms with Crippen LogP contribution in [0, 0.1) is 4.78 Å². The summed E-state index contributed by atoms with van der Waals surface area (Å²) in [5, 5.41) is 4.58. The molecule has 5 nitrogen and oxygen atoms in total. The maximum atomic E-state index is 13.2. The minimum atomic E-state index is -4.53. The lowest BCUT2D eigenvalue weighted by Gasteiger charge is -2.14. The fourth-order valence-corrected chi connectivity index (χ4v) is 2.41. The molecule has 0 bridgehead atoms. The summed E-state index contributed by atoms with van der Waals surface area (Å²) in [4.78, 5) is 5.19. The number of benzene rings is 2. The second-order valence-corrected chi connectivity index (χ2v) is 6.70. The highest BCUT2D eigenvalue weighted by Crippen LogP contribution is 2.34. The lowest BCUT2D eigenvalue weighted by Crippen LogP contribution is -2.14. The maximum absolute atomic E-state index is 13.2. The molecule has 0 unspecified atom stereocenters. The van der Waals surface area contributed by atoms with E-state index in [4.69, 9.17) is 52.8 Å². The molecule has 0 aliphatic rings. The Morgan fingerprint density at radius 2 is 1.71 bits per heavy atom. The first-order chi connectivity index (χ1) is 13.0. The van der Waals surface area contributed by atoms with Crippen LogP contribution in [0.25, 0.3) is 0 Å². The van der Waals surface area contributed by atoms with E-state index in [1.165, 1.54) is 30.3 Å². The van der Waals surface area contributed by atoms with Crippen LogP contribution in [0.3, 0.4) is 0 Å². The molecule has 0 heterocycles. The standard InChI is InChI=1S/C16H11Cl3F3NO.HNO2S/c1-2-15(23-24-10-4-6-13(18)14(19)8-10)11-7-9(17)3-5-12(11)16(20,21)22;1-4(2)3/h3-8H,2H2,1H3;1H/b23-15+;. The lowest BCUT2D eigenvalue weighted by molar-refractivity contribution is -0.137. The molecular formula is C16H12Cl3F3N2O3S. The van der Waals surface area contributed by atoms with Crippen molar-refractivity contribution in [3.8, 4) is 5.75 Å². The van der Waals surface area contributed by atoms with Crippen LogP contribution in [0.5, 0.6) is 5.75 Å². The molecule has 0 fully saturated rings. The third kappa shape index (κ3) is 7.67. The highest BCUT2D eigenvalue weighted by Gasteiger charge is 2.34. The summed E-state index contributed by atoms with van der Waals surface area (Å²) >= 11 is 17.5. The fraction of sp³-hybridized carbons (Fsp3) is 0.188. The molecule has 0 amide bonds. The van der Waals surface area contributed by atoms with E-state index in [1.807, 2.05) is 0 Å². The third-order valence-corrected chi connectivity index (χ3v) is 4.06. The van der Waals surface area contributed by atoms with Gasteiger partial charge in [-0.1, -0.05) is 46.9 Å². The second-order valence-electron chi connectivity index (χ2n) is 4.98. The Morgan fingerprint density at radius 3 is 2.21 bits per heavy atom. The van der Waals surface area contributed by atoms with E-state index in [-0.39, 0.29) is 33.5 Å². The van der Waals surface area contributed by atoms with Crippen molar-refractivity contribution in [1.82, 2.24) is 0 Å². The summed E-state index contributed by atoms with van der Waals surface area (Å²) in [5.41, 5.74) is -0.848. The van der Waals surface area contributed by atoms with Gasteiger partial charge in [0.05, 0.1) is 21.3 Å². The number of nitrogens with zero attached hydrogens (tertiary/aromatic N) is 1. The summed E-state index contributed by atoms with van der Waals surface area (Å²) in [7, 11) is -2.61. The summed E-state index contributed by atoms with van der Waals surface area (Å²) in [5.74, 6) is 0.255. The zero-order valence-corrected chi connectivity index (χ0v) is 17.1. The zero-order valence-electron chi connectivity index (χ0n) is 14.0. The van der Waals surface area contributed by atoms with Gasteiger partial charge in [0, 0.05) is 16.7 Å². The Balaban J connectivity index is 0.000000892. The van der Waals surface area contributed by atoms with Crippen molar-refractivity contribution in [2.24, 2.45) is 5.16 Å². The summed E-state index contributed by atoms with van der Waals surface area (Å²) < 4.78 is 62.3. The smallest absolute Gasteiger partial charge is 0.357 e. The van der Waals surface area contributed by atoms with Gasteiger partial charge < -0.3 is 4.84 Å². The quantitative estimate of drug-likeness (QED) is 0.405. The van der Waals surface area contributed by atoms with Crippen LogP contribution in [0.4, 0.5) is 13.2 Å². The average Bonchev–Trinajstić information content (AvgIpc) is 2.57. The number of rotatable bonds is 4. The Bertz CT molecular complexity index is 975. The SMILES string of the molecule is CC/C(=N\Oc1ccc(Cl)c(Cl)c1)c1cc(Cl)ccc1C(F)(F)F.N=S(=O)=O. The molecule has 0 aromatic heterocycles. The molecule has 0 saturated carbocycles. The Hall–Kier alpha value is -1.81. The molecule has 0 aliphatic carbocycles. The molecule has 12 heteroatoms. The molecule has 2 aromatic rings. The molecule has 0 spiro atoms. The first-order valence-electron chi connectivity index (χ1n) is 7.32. The fourth-order valence-electron chi connectivity index (χ4n) is 1.95. The predicted molar refractivity (Wildman–Crippen MR) is 102 cm³/mol. The monoisotopic (exact) mass is 474 g/mol. The molecule has 0 atom stereocenters. The first-order valence-corrected chi connectivity index (χ1v) is 9.53. The second kappa shape index (κ2) is 10.7. The number of oxime groups is 1. The number of hydrogen-bond acceptors (Lipinski definition) is 5. The summed E-state index contributed by atoms with van der Waals surface area (Å²) in [6, 6.07) is 7.74. The van der Waals surface area contributed by atoms with Gasteiger partial charge in [0.1, 0.15) is 0 Å². The number of nitrogens with one attached hydrogen (secondary N) is 1. The van der Waals surface area contributed by atoms with E-state index in [1.54, 1.807) is 6.92 Å². The largest absolute Gasteiger partial charge is 0.417 e. The van der Waals surface area contributed by atoms with Gasteiger partial charge in [-0.3, -0.25) is 0 Å². The van der Waals surface area contributed by atoms with Crippen LogP contribution in [0.15, 0.2) is 41.6 Å². The van der Waals surface area contributed by atoms with Crippen molar-refractivity contribution in [2.45, 2.75) is 19.5 Å². The molecule has 2 aromatic carbocycles. The van der Waals surface area contributed by atoms with Gasteiger partial charge in [-0.15, -0.1) is 0 Å². The number of alkyl halides is 3. The van der Waals surface area contributed by atoms with Crippen LogP contribution < -0.4 is 4.84 Å². The third-order valence-electron chi connectivity index (χ3n) is 3.09. The van der Waals surface area contributed by atoms with Gasteiger partial charge in [0.15, 0.2) is 5.75 Å². The van der Waals surface area contributed by atoms with Crippen molar-refractivity contribution in [1.29, 1.82) is 4.78 Å². The van der Waals surface area contributed by atoms with Crippen LogP contribution in [0.2, 0.25) is 15.1 Å². The van der Waals surface area contributed by atoms with Crippen molar-refractivity contribution in [3.63, 3.8) is 0 Å². The van der Waals surface area contributed by atoms with E-state index in [2.05, 4.69) is 5.16 Å². The number of halogens is 6. The molecule has 2 rings (SSSR count). The molecular weight excluding hydrogens is 464 g/mol. The van der Waals surface area contributed by atoms with E-state index >= 15 is 0 Å². The van der Waals surface area contributed by atoms with Crippen LogP contribution in [0.1, 0.15) is 24.5 Å². The highest BCUT2D eigenvalue weighted by molar-refractivity contribution is 7.60. The molecule has 28 heavy (non-hydrogen) atoms. The average molecular weight is 476 g/mol. The predicted octanol–water partition coefficient (Wildman–Crippen LogP) is 6.49. The minimum absolute atomic E-state index is 0.107. The highest BCUT2D eigenvalue weighted by atomic mass is 35.5. The maximum Gasteiger partial charge on any atom is 0.417 e. The van der Waals surface area contributed by atoms with E-state index in [0.717, 1.165) is 6.07 Å². The van der Waals surface area contributed by atoms with Gasteiger partial charge in [-0.05, 0) is 36.8 Å². The van der Waals surface area contributed by atoms with Gasteiger partial charge in [0.25, 0.3) is 0 Å². The van der Waals surface area contributed by atoms with E-state index in [9.17, 15) is 13.2 Å². The van der Waals surface area contributed by atoms with Gasteiger partial charge in [0.2, 0.25) is 0 Å². The van der Waals surface area contributed by atoms with Crippen LogP contribution >= 0.6 is 34.8 Å². The number of hydrogen-bond donors (Lipinski definition) is 1. The Labute approximate surface area is 175 Å². The van der Waals surface area contributed by atoms with E-state index < -0.39 is 22.2 Å². The summed E-state index contributed by atoms with van der Waals surface area (Å²) in [6.07, 6.45) is -4.32. The van der Waals surface area contributed by atoms with Crippen molar-refractivity contribution < 1.29 is 26.4 Å². The molecule has 152 valence electrons. The Morgan fingerprint density at radius 1 is 1.11 bits per heavy atom. The lowest BCUT2D eigenvalue weighted by atomic mass is 10.0.